The maximum absolute atomic E-state index is 13.1. The summed E-state index contributed by atoms with van der Waals surface area (Å²) in [5.74, 6) is 1.60. The van der Waals surface area contributed by atoms with Crippen molar-refractivity contribution in [3.8, 4) is 17.1 Å². The van der Waals surface area contributed by atoms with Crippen molar-refractivity contribution in [2.45, 2.75) is 70.1 Å². The number of hydrogen-bond acceptors (Lipinski definition) is 5. The fourth-order valence-electron chi connectivity index (χ4n) is 4.56. The smallest absolute Gasteiger partial charge is 0.233 e. The average molecular weight is 450 g/mol. The summed E-state index contributed by atoms with van der Waals surface area (Å²) >= 11 is 1.46. The molecule has 1 aromatic carbocycles. The van der Waals surface area contributed by atoms with E-state index in [0.29, 0.717) is 11.7 Å². The molecule has 0 spiro atoms. The lowest BCUT2D eigenvalue weighted by molar-refractivity contribution is -0.134. The molecule has 3 heterocycles. The van der Waals surface area contributed by atoms with Gasteiger partial charge in [0.05, 0.1) is 11.4 Å². The van der Waals surface area contributed by atoms with Crippen molar-refractivity contribution in [3.63, 3.8) is 0 Å². The molecule has 7 heteroatoms. The highest BCUT2D eigenvalue weighted by molar-refractivity contribution is 7.99. The summed E-state index contributed by atoms with van der Waals surface area (Å²) < 4.78 is 2.08. The predicted molar refractivity (Wildman–Crippen MR) is 129 cm³/mol. The lowest BCUT2D eigenvalue weighted by Gasteiger charge is -2.39. The molecule has 0 aliphatic carbocycles. The van der Waals surface area contributed by atoms with Crippen molar-refractivity contribution in [1.29, 1.82) is 0 Å². The first-order chi connectivity index (χ1) is 15.5. The van der Waals surface area contributed by atoms with Crippen molar-refractivity contribution in [3.05, 3.63) is 54.4 Å². The maximum Gasteiger partial charge on any atom is 0.233 e. The first-order valence-corrected chi connectivity index (χ1v) is 12.3. The number of nitrogens with zero attached hydrogens (tertiary/aromatic N) is 5. The van der Waals surface area contributed by atoms with Gasteiger partial charge in [-0.3, -0.25) is 14.3 Å². The summed E-state index contributed by atoms with van der Waals surface area (Å²) in [5, 5.41) is 9.74. The maximum atomic E-state index is 13.1. The van der Waals surface area contributed by atoms with Gasteiger partial charge >= 0.3 is 0 Å². The van der Waals surface area contributed by atoms with Crippen LogP contribution in [0.15, 0.2) is 53.9 Å². The predicted octanol–water partition coefficient (Wildman–Crippen LogP) is 5.33. The van der Waals surface area contributed by atoms with E-state index >= 15 is 0 Å². The van der Waals surface area contributed by atoms with E-state index in [1.54, 1.807) is 12.4 Å². The van der Waals surface area contributed by atoms with Crippen LogP contribution in [0.4, 0.5) is 0 Å². The van der Waals surface area contributed by atoms with Gasteiger partial charge in [-0.1, -0.05) is 43.8 Å². The van der Waals surface area contributed by atoms with Crippen LogP contribution in [0.2, 0.25) is 0 Å². The molecule has 0 radical (unpaired) electrons. The number of carbonyl (C=O) groups is 1. The number of aromatic nitrogens is 4. The summed E-state index contributed by atoms with van der Waals surface area (Å²) in [7, 11) is 0. The largest absolute Gasteiger partial charge is 0.337 e. The monoisotopic (exact) mass is 449 g/mol. The van der Waals surface area contributed by atoms with Gasteiger partial charge in [0.25, 0.3) is 0 Å². The third kappa shape index (κ3) is 4.58. The topological polar surface area (TPSA) is 63.9 Å². The van der Waals surface area contributed by atoms with Crippen molar-refractivity contribution in [1.82, 2.24) is 24.6 Å². The zero-order chi connectivity index (χ0) is 22.7. The van der Waals surface area contributed by atoms with Gasteiger partial charge < -0.3 is 4.90 Å². The van der Waals surface area contributed by atoms with E-state index in [4.69, 9.17) is 0 Å². The van der Waals surface area contributed by atoms with Crippen LogP contribution in [0, 0.1) is 0 Å². The van der Waals surface area contributed by atoms with Crippen LogP contribution in [-0.4, -0.2) is 48.4 Å². The number of para-hydroxylation sites is 1. The van der Waals surface area contributed by atoms with Gasteiger partial charge in [-0.25, -0.2) is 0 Å². The molecule has 0 bridgehead atoms. The number of amides is 1. The average Bonchev–Trinajstić information content (AvgIpc) is 3.22. The summed E-state index contributed by atoms with van der Waals surface area (Å²) in [5.41, 5.74) is 3.15. The normalized spacial score (nSPS) is 18.8. The third-order valence-electron chi connectivity index (χ3n) is 6.16. The van der Waals surface area contributed by atoms with E-state index in [0.717, 1.165) is 35.1 Å². The number of rotatable bonds is 6. The van der Waals surface area contributed by atoms with E-state index in [1.807, 2.05) is 18.2 Å². The zero-order valence-electron chi connectivity index (χ0n) is 19.2. The molecule has 168 valence electrons. The Morgan fingerprint density at radius 1 is 1.09 bits per heavy atom. The lowest BCUT2D eigenvalue weighted by Crippen LogP contribution is -2.48. The first kappa shape index (κ1) is 22.5. The molecule has 6 nitrogen and oxygen atoms in total. The molecule has 1 aliphatic heterocycles. The molecule has 32 heavy (non-hydrogen) atoms. The van der Waals surface area contributed by atoms with Gasteiger partial charge in [0.2, 0.25) is 5.91 Å². The molecule has 0 saturated carbocycles. The minimum Gasteiger partial charge on any atom is -0.337 e. The van der Waals surface area contributed by atoms with E-state index in [9.17, 15) is 4.79 Å². The zero-order valence-corrected chi connectivity index (χ0v) is 20.0. The van der Waals surface area contributed by atoms with Crippen molar-refractivity contribution < 1.29 is 4.79 Å². The van der Waals surface area contributed by atoms with Crippen LogP contribution in [-0.2, 0) is 4.79 Å². The van der Waals surface area contributed by atoms with Gasteiger partial charge in [-0.2, -0.15) is 0 Å². The molecule has 4 rings (SSSR count). The molecule has 2 unspecified atom stereocenters. The molecule has 1 saturated heterocycles. The fourth-order valence-corrected chi connectivity index (χ4v) is 5.37. The van der Waals surface area contributed by atoms with Gasteiger partial charge in [-0.15, -0.1) is 10.2 Å². The van der Waals surface area contributed by atoms with Crippen LogP contribution < -0.4 is 0 Å². The third-order valence-corrected chi connectivity index (χ3v) is 7.07. The number of piperidine rings is 1. The minimum absolute atomic E-state index is 0.171. The van der Waals surface area contributed by atoms with Gasteiger partial charge in [0.1, 0.15) is 0 Å². The molecule has 3 aromatic rings. The van der Waals surface area contributed by atoms with E-state index in [2.05, 4.69) is 70.5 Å². The van der Waals surface area contributed by atoms with Crippen LogP contribution in [0.1, 0.15) is 58.4 Å². The Labute approximate surface area is 194 Å². The van der Waals surface area contributed by atoms with Crippen molar-refractivity contribution in [2.75, 3.05) is 5.75 Å². The van der Waals surface area contributed by atoms with E-state index in [-0.39, 0.29) is 18.0 Å². The molecule has 1 amide bonds. The first-order valence-electron chi connectivity index (χ1n) is 11.4. The van der Waals surface area contributed by atoms with Crippen LogP contribution in [0.3, 0.4) is 0 Å². The SMILES string of the molecule is CC(C)c1ccccc1-n1c(SCC(=O)N2C(C)CCCC2C)nnc1-c1cccnc1. The Morgan fingerprint density at radius 3 is 2.53 bits per heavy atom. The highest BCUT2D eigenvalue weighted by Crippen LogP contribution is 2.32. The summed E-state index contributed by atoms with van der Waals surface area (Å²) in [6, 6.07) is 12.8. The Hall–Kier alpha value is -2.67. The molecule has 0 N–H and O–H groups in total. The van der Waals surface area contributed by atoms with Crippen molar-refractivity contribution >= 4 is 17.7 Å². The standard InChI is InChI=1S/C25H31N5OS/c1-17(2)21-12-5-6-13-22(21)30-24(20-11-8-14-26-15-20)27-28-25(30)32-16-23(31)29-18(3)9-7-10-19(29)4/h5-6,8,11-15,17-19H,7,9-10,16H2,1-4H3. The van der Waals surface area contributed by atoms with Crippen LogP contribution in [0.25, 0.3) is 17.1 Å². The number of hydrogen-bond donors (Lipinski definition) is 0. The Kier molecular flexibility index (Phi) is 6.94. The number of carbonyl (C=O) groups excluding carboxylic acids is 1. The number of likely N-dealkylation sites (tertiary alicyclic amines) is 1. The molecular formula is C25H31N5OS. The quantitative estimate of drug-likeness (QED) is 0.476. The lowest BCUT2D eigenvalue weighted by atomic mass is 9.98. The van der Waals surface area contributed by atoms with Crippen LogP contribution in [0.5, 0.6) is 0 Å². The number of thioether (sulfide) groups is 1. The second kappa shape index (κ2) is 9.86. The summed E-state index contributed by atoms with van der Waals surface area (Å²) in [4.78, 5) is 19.5. The van der Waals surface area contributed by atoms with Crippen LogP contribution >= 0.6 is 11.8 Å². The van der Waals surface area contributed by atoms with Crippen molar-refractivity contribution in [2.24, 2.45) is 0 Å². The molecular weight excluding hydrogens is 418 g/mol. The Balaban J connectivity index is 1.69. The minimum atomic E-state index is 0.171. The van der Waals surface area contributed by atoms with E-state index in [1.165, 1.54) is 23.7 Å². The van der Waals surface area contributed by atoms with Gasteiger partial charge in [0.15, 0.2) is 11.0 Å². The van der Waals surface area contributed by atoms with Gasteiger partial charge in [0, 0.05) is 30.0 Å². The number of benzene rings is 1. The fraction of sp³-hybridized carbons (Fsp3) is 0.440. The summed E-state index contributed by atoms with van der Waals surface area (Å²) in [6.45, 7) is 8.67. The Morgan fingerprint density at radius 2 is 1.84 bits per heavy atom. The second-order valence-corrected chi connectivity index (χ2v) is 9.76. The molecule has 2 aromatic heterocycles. The number of pyridine rings is 1. The molecule has 1 aliphatic rings. The highest BCUT2D eigenvalue weighted by Gasteiger charge is 2.29. The summed E-state index contributed by atoms with van der Waals surface area (Å²) in [6.07, 6.45) is 6.89. The molecule has 1 fully saturated rings. The van der Waals surface area contributed by atoms with Gasteiger partial charge in [-0.05, 0) is 62.8 Å². The molecule has 2 atom stereocenters. The van der Waals surface area contributed by atoms with E-state index < -0.39 is 0 Å². The Bertz CT molecular complexity index is 1060. The highest BCUT2D eigenvalue weighted by atomic mass is 32.2. The second-order valence-electron chi connectivity index (χ2n) is 8.82.